The lowest BCUT2D eigenvalue weighted by Crippen LogP contribution is -2.32. The van der Waals surface area contributed by atoms with E-state index < -0.39 is 0 Å². The van der Waals surface area contributed by atoms with E-state index in [-0.39, 0.29) is 0 Å². The van der Waals surface area contributed by atoms with Crippen molar-refractivity contribution >= 4 is 11.8 Å². The Balaban J connectivity index is 1.72. The van der Waals surface area contributed by atoms with Gasteiger partial charge in [0.25, 0.3) is 0 Å². The number of aromatic nitrogens is 2. The molecule has 0 aliphatic carbocycles. The number of nitrogens with zero attached hydrogens (tertiary/aromatic N) is 2. The molecule has 0 saturated carbocycles. The molecule has 3 rings (SSSR count). The summed E-state index contributed by atoms with van der Waals surface area (Å²) in [5.41, 5.74) is 1.05. The van der Waals surface area contributed by atoms with Crippen LogP contribution in [0.2, 0.25) is 0 Å². The highest BCUT2D eigenvalue weighted by atomic mass is 16.5. The SMILES string of the molecule is CC(C)c1cc(NC2CCCOC2)nc(NC2CCCOC2)n1. The second kappa shape index (κ2) is 7.93. The largest absolute Gasteiger partial charge is 0.379 e. The summed E-state index contributed by atoms with van der Waals surface area (Å²) >= 11 is 0. The first-order valence-electron chi connectivity index (χ1n) is 8.78. The number of rotatable bonds is 5. The second-order valence-corrected chi connectivity index (χ2v) is 6.77. The topological polar surface area (TPSA) is 68.3 Å². The molecule has 6 heteroatoms. The number of hydrogen-bond acceptors (Lipinski definition) is 6. The van der Waals surface area contributed by atoms with Crippen LogP contribution in [0.15, 0.2) is 6.07 Å². The van der Waals surface area contributed by atoms with E-state index in [1.807, 2.05) is 0 Å². The van der Waals surface area contributed by atoms with Crippen LogP contribution in [0.4, 0.5) is 11.8 Å². The van der Waals surface area contributed by atoms with E-state index in [4.69, 9.17) is 9.47 Å². The molecule has 1 aromatic rings. The minimum atomic E-state index is 0.303. The molecule has 2 atom stereocenters. The van der Waals surface area contributed by atoms with Crippen molar-refractivity contribution in [3.8, 4) is 0 Å². The first kappa shape index (κ1) is 16.5. The van der Waals surface area contributed by atoms with E-state index in [2.05, 4.69) is 40.5 Å². The molecular weight excluding hydrogens is 292 g/mol. The fraction of sp³-hybridized carbons (Fsp3) is 0.765. The Bertz CT molecular complexity index is 459. The van der Waals surface area contributed by atoms with Gasteiger partial charge in [0.2, 0.25) is 5.95 Å². The third-order valence-electron chi connectivity index (χ3n) is 4.34. The van der Waals surface area contributed by atoms with Crippen LogP contribution in [0.25, 0.3) is 0 Å². The molecule has 2 fully saturated rings. The highest BCUT2D eigenvalue weighted by Crippen LogP contribution is 2.21. The molecular formula is C17H28N4O2. The van der Waals surface area contributed by atoms with E-state index in [0.29, 0.717) is 23.9 Å². The molecule has 2 aliphatic rings. The van der Waals surface area contributed by atoms with E-state index in [9.17, 15) is 0 Å². The average molecular weight is 320 g/mol. The van der Waals surface area contributed by atoms with Crippen molar-refractivity contribution < 1.29 is 9.47 Å². The van der Waals surface area contributed by atoms with Crippen LogP contribution in [-0.2, 0) is 9.47 Å². The standard InChI is InChI=1S/C17H28N4O2/c1-12(2)15-9-16(18-13-5-3-7-22-10-13)21-17(20-15)19-14-6-4-8-23-11-14/h9,12-14H,3-8,10-11H2,1-2H3,(H2,18,19,20,21). The molecule has 3 heterocycles. The van der Waals surface area contributed by atoms with Crippen molar-refractivity contribution in [2.24, 2.45) is 0 Å². The summed E-state index contributed by atoms with van der Waals surface area (Å²) in [6, 6.07) is 2.70. The molecule has 23 heavy (non-hydrogen) atoms. The predicted octanol–water partition coefficient (Wildman–Crippen LogP) is 2.78. The van der Waals surface area contributed by atoms with Crippen LogP contribution in [-0.4, -0.2) is 48.5 Å². The van der Waals surface area contributed by atoms with Crippen LogP contribution in [0.1, 0.15) is 51.1 Å². The van der Waals surface area contributed by atoms with Crippen molar-refractivity contribution in [3.05, 3.63) is 11.8 Å². The molecule has 128 valence electrons. The molecule has 2 aliphatic heterocycles. The van der Waals surface area contributed by atoms with Crippen LogP contribution in [0.5, 0.6) is 0 Å². The van der Waals surface area contributed by atoms with E-state index in [1.165, 1.54) is 0 Å². The van der Waals surface area contributed by atoms with Crippen LogP contribution < -0.4 is 10.6 Å². The molecule has 1 aromatic heterocycles. The molecule has 0 bridgehead atoms. The van der Waals surface area contributed by atoms with Gasteiger partial charge in [-0.15, -0.1) is 0 Å². The van der Waals surface area contributed by atoms with Crippen molar-refractivity contribution in [2.45, 2.75) is 57.5 Å². The van der Waals surface area contributed by atoms with Crippen LogP contribution in [0.3, 0.4) is 0 Å². The summed E-state index contributed by atoms with van der Waals surface area (Å²) < 4.78 is 11.1. The zero-order valence-electron chi connectivity index (χ0n) is 14.2. The number of nitrogens with one attached hydrogen (secondary N) is 2. The lowest BCUT2D eigenvalue weighted by Gasteiger charge is -2.26. The van der Waals surface area contributed by atoms with Gasteiger partial charge in [-0.25, -0.2) is 4.98 Å². The van der Waals surface area contributed by atoms with Crippen molar-refractivity contribution in [1.29, 1.82) is 0 Å². The van der Waals surface area contributed by atoms with Gasteiger partial charge < -0.3 is 20.1 Å². The van der Waals surface area contributed by atoms with Crippen LogP contribution >= 0.6 is 0 Å². The lowest BCUT2D eigenvalue weighted by molar-refractivity contribution is 0.0872. The number of hydrogen-bond donors (Lipinski definition) is 2. The minimum Gasteiger partial charge on any atom is -0.379 e. The van der Waals surface area contributed by atoms with E-state index in [1.54, 1.807) is 0 Å². The zero-order chi connectivity index (χ0) is 16.1. The lowest BCUT2D eigenvalue weighted by atomic mass is 10.1. The summed E-state index contributed by atoms with van der Waals surface area (Å²) in [6.45, 7) is 7.52. The minimum absolute atomic E-state index is 0.303. The maximum absolute atomic E-state index is 5.55. The third kappa shape index (κ3) is 4.78. The van der Waals surface area contributed by atoms with Crippen molar-refractivity contribution in [3.63, 3.8) is 0 Å². The Morgan fingerprint density at radius 3 is 2.22 bits per heavy atom. The van der Waals surface area contributed by atoms with Gasteiger partial charge >= 0.3 is 0 Å². The summed E-state index contributed by atoms with van der Waals surface area (Å²) in [5, 5.41) is 6.94. The quantitative estimate of drug-likeness (QED) is 0.869. The normalized spacial score (nSPS) is 25.3. The summed E-state index contributed by atoms with van der Waals surface area (Å²) in [7, 11) is 0. The monoisotopic (exact) mass is 320 g/mol. The fourth-order valence-corrected chi connectivity index (χ4v) is 3.00. The van der Waals surface area contributed by atoms with E-state index in [0.717, 1.165) is 63.6 Å². The third-order valence-corrected chi connectivity index (χ3v) is 4.34. The van der Waals surface area contributed by atoms with Crippen molar-refractivity contribution in [2.75, 3.05) is 37.1 Å². The Morgan fingerprint density at radius 2 is 1.65 bits per heavy atom. The summed E-state index contributed by atoms with van der Waals surface area (Å²) in [5.74, 6) is 1.95. The van der Waals surface area contributed by atoms with Gasteiger partial charge in [0.1, 0.15) is 5.82 Å². The second-order valence-electron chi connectivity index (χ2n) is 6.77. The Labute approximate surface area is 138 Å². The van der Waals surface area contributed by atoms with Crippen LogP contribution in [0, 0.1) is 0 Å². The van der Waals surface area contributed by atoms with Crippen molar-refractivity contribution in [1.82, 2.24) is 9.97 Å². The highest BCUT2D eigenvalue weighted by molar-refractivity contribution is 5.44. The molecule has 2 N–H and O–H groups in total. The fourth-order valence-electron chi connectivity index (χ4n) is 3.00. The molecule has 0 aromatic carbocycles. The Hall–Kier alpha value is -1.40. The first-order valence-corrected chi connectivity index (χ1v) is 8.78. The summed E-state index contributed by atoms with van der Waals surface area (Å²) in [4.78, 5) is 9.33. The number of ether oxygens (including phenoxy) is 2. The van der Waals surface area contributed by atoms with Gasteiger partial charge in [-0.1, -0.05) is 13.8 Å². The number of anilines is 2. The predicted molar refractivity (Wildman–Crippen MR) is 91.0 cm³/mol. The molecule has 0 spiro atoms. The summed E-state index contributed by atoms with van der Waals surface area (Å²) in [6.07, 6.45) is 4.42. The van der Waals surface area contributed by atoms with Gasteiger partial charge in [-0.05, 0) is 31.6 Å². The maximum Gasteiger partial charge on any atom is 0.225 e. The van der Waals surface area contributed by atoms with Gasteiger partial charge in [0.05, 0.1) is 31.0 Å². The maximum atomic E-state index is 5.55. The smallest absolute Gasteiger partial charge is 0.225 e. The first-order chi connectivity index (χ1) is 11.2. The molecule has 2 saturated heterocycles. The van der Waals surface area contributed by atoms with Gasteiger partial charge in [0, 0.05) is 19.3 Å². The van der Waals surface area contributed by atoms with Gasteiger partial charge in [0.15, 0.2) is 0 Å². The highest BCUT2D eigenvalue weighted by Gasteiger charge is 2.18. The Morgan fingerprint density at radius 1 is 1.00 bits per heavy atom. The zero-order valence-corrected chi connectivity index (χ0v) is 14.2. The molecule has 2 unspecified atom stereocenters. The molecule has 0 amide bonds. The molecule has 0 radical (unpaired) electrons. The Kier molecular flexibility index (Phi) is 5.67. The van der Waals surface area contributed by atoms with Gasteiger partial charge in [-0.2, -0.15) is 4.98 Å². The van der Waals surface area contributed by atoms with E-state index >= 15 is 0 Å². The average Bonchev–Trinajstić information content (AvgIpc) is 2.56. The molecule has 6 nitrogen and oxygen atoms in total. The van der Waals surface area contributed by atoms with Gasteiger partial charge in [-0.3, -0.25) is 0 Å².